The van der Waals surface area contributed by atoms with Gasteiger partial charge in [-0.1, -0.05) is 30.3 Å². The van der Waals surface area contributed by atoms with E-state index in [0.717, 1.165) is 29.7 Å². The van der Waals surface area contributed by atoms with Crippen LogP contribution in [0.3, 0.4) is 0 Å². The lowest BCUT2D eigenvalue weighted by atomic mass is 9.81. The molecule has 0 bridgehead atoms. The van der Waals surface area contributed by atoms with Gasteiger partial charge in [-0.05, 0) is 67.6 Å². The van der Waals surface area contributed by atoms with Crippen LogP contribution in [0.1, 0.15) is 16.8 Å². The fraction of sp³-hybridized carbons (Fsp3) is 0.227. The molecular formula is C22H22N2O. The second-order valence-electron chi connectivity index (χ2n) is 7.04. The lowest BCUT2D eigenvalue weighted by molar-refractivity contribution is 0.362. The van der Waals surface area contributed by atoms with Gasteiger partial charge in [0.05, 0.1) is 11.2 Å². The van der Waals surface area contributed by atoms with Crippen LogP contribution in [0.2, 0.25) is 0 Å². The summed E-state index contributed by atoms with van der Waals surface area (Å²) < 4.78 is 0. The third kappa shape index (κ3) is 3.15. The van der Waals surface area contributed by atoms with Crippen LogP contribution >= 0.6 is 0 Å². The highest BCUT2D eigenvalue weighted by Crippen LogP contribution is 2.36. The van der Waals surface area contributed by atoms with Crippen LogP contribution in [0.4, 0.5) is 0 Å². The lowest BCUT2D eigenvalue weighted by Gasteiger charge is -2.28. The Hall–Kier alpha value is -2.65. The van der Waals surface area contributed by atoms with Gasteiger partial charge in [0.25, 0.3) is 0 Å². The molecular weight excluding hydrogens is 308 g/mol. The molecule has 1 N–H and O–H groups in total. The number of fused-ring (bicyclic) bond motifs is 2. The van der Waals surface area contributed by atoms with E-state index in [1.807, 2.05) is 18.2 Å². The van der Waals surface area contributed by atoms with Gasteiger partial charge in [-0.25, -0.2) is 4.98 Å². The zero-order valence-electron chi connectivity index (χ0n) is 14.6. The van der Waals surface area contributed by atoms with E-state index in [1.165, 1.54) is 16.5 Å². The van der Waals surface area contributed by atoms with E-state index in [2.05, 4.69) is 55.4 Å². The summed E-state index contributed by atoms with van der Waals surface area (Å²) in [4.78, 5) is 7.10. The molecule has 1 atom stereocenters. The first-order valence-corrected chi connectivity index (χ1v) is 8.64. The number of nitrogens with zero attached hydrogens (tertiary/aromatic N) is 2. The summed E-state index contributed by atoms with van der Waals surface area (Å²) in [5, 5.41) is 11.1. The maximum Gasteiger partial charge on any atom is 0.116 e. The molecule has 1 unspecified atom stereocenters. The van der Waals surface area contributed by atoms with Gasteiger partial charge in [0.15, 0.2) is 0 Å². The summed E-state index contributed by atoms with van der Waals surface area (Å²) >= 11 is 0. The zero-order valence-corrected chi connectivity index (χ0v) is 14.6. The Morgan fingerprint density at radius 2 is 1.92 bits per heavy atom. The molecule has 3 nitrogen and oxygen atoms in total. The van der Waals surface area contributed by atoms with Gasteiger partial charge < -0.3 is 10.0 Å². The number of aromatic nitrogens is 1. The third-order valence-electron chi connectivity index (χ3n) is 4.80. The van der Waals surface area contributed by atoms with Gasteiger partial charge in [0.1, 0.15) is 5.75 Å². The Labute approximate surface area is 148 Å². The van der Waals surface area contributed by atoms with Crippen molar-refractivity contribution >= 4 is 22.6 Å². The SMILES string of the molecule is CN(C)CC1Cc2cc3ccccc3nc2C=C1c1cccc(O)c1. The van der Waals surface area contributed by atoms with Crippen molar-refractivity contribution in [2.24, 2.45) is 5.92 Å². The average Bonchev–Trinajstić information content (AvgIpc) is 2.59. The third-order valence-corrected chi connectivity index (χ3v) is 4.80. The van der Waals surface area contributed by atoms with E-state index in [4.69, 9.17) is 4.98 Å². The van der Waals surface area contributed by atoms with Crippen LogP contribution < -0.4 is 0 Å². The minimum Gasteiger partial charge on any atom is -0.508 e. The van der Waals surface area contributed by atoms with Crippen LogP contribution in [0.5, 0.6) is 5.75 Å². The maximum absolute atomic E-state index is 9.90. The van der Waals surface area contributed by atoms with E-state index in [9.17, 15) is 5.11 Å². The quantitative estimate of drug-likeness (QED) is 0.781. The number of phenols is 1. The largest absolute Gasteiger partial charge is 0.508 e. The Balaban J connectivity index is 1.86. The molecule has 0 saturated heterocycles. The highest BCUT2D eigenvalue weighted by molar-refractivity contribution is 5.88. The van der Waals surface area contributed by atoms with Crippen molar-refractivity contribution in [3.63, 3.8) is 0 Å². The Bertz CT molecular complexity index is 959. The molecule has 2 aromatic carbocycles. The topological polar surface area (TPSA) is 36.4 Å². The molecule has 0 spiro atoms. The van der Waals surface area contributed by atoms with Crippen molar-refractivity contribution in [1.29, 1.82) is 0 Å². The zero-order chi connectivity index (χ0) is 17.4. The summed E-state index contributed by atoms with van der Waals surface area (Å²) in [7, 11) is 4.21. The lowest BCUT2D eigenvalue weighted by Crippen LogP contribution is -2.26. The van der Waals surface area contributed by atoms with Gasteiger partial charge in [-0.2, -0.15) is 0 Å². The predicted octanol–water partition coefficient (Wildman–Crippen LogP) is 4.21. The molecule has 0 amide bonds. The first-order valence-electron chi connectivity index (χ1n) is 8.64. The molecule has 0 saturated carbocycles. The number of hydrogen-bond donors (Lipinski definition) is 1. The van der Waals surface area contributed by atoms with Crippen LogP contribution in [0, 0.1) is 5.92 Å². The van der Waals surface area contributed by atoms with Crippen LogP contribution in [0.25, 0.3) is 22.6 Å². The molecule has 126 valence electrons. The van der Waals surface area contributed by atoms with Crippen molar-refractivity contribution in [2.75, 3.05) is 20.6 Å². The fourth-order valence-electron chi connectivity index (χ4n) is 3.71. The summed E-state index contributed by atoms with van der Waals surface area (Å²) in [6, 6.07) is 18.1. The van der Waals surface area contributed by atoms with Crippen molar-refractivity contribution in [2.45, 2.75) is 6.42 Å². The number of para-hydroxylation sites is 1. The smallest absolute Gasteiger partial charge is 0.116 e. The maximum atomic E-state index is 9.90. The van der Waals surface area contributed by atoms with E-state index >= 15 is 0 Å². The van der Waals surface area contributed by atoms with Crippen molar-refractivity contribution in [3.05, 3.63) is 71.4 Å². The van der Waals surface area contributed by atoms with Gasteiger partial charge >= 0.3 is 0 Å². The molecule has 1 heterocycles. The number of aromatic hydroxyl groups is 1. The highest BCUT2D eigenvalue weighted by atomic mass is 16.3. The van der Waals surface area contributed by atoms with Gasteiger partial charge in [0.2, 0.25) is 0 Å². The van der Waals surface area contributed by atoms with Gasteiger partial charge in [-0.3, -0.25) is 0 Å². The van der Waals surface area contributed by atoms with E-state index in [-0.39, 0.29) is 0 Å². The summed E-state index contributed by atoms with van der Waals surface area (Å²) in [5.41, 5.74) is 5.70. The normalized spacial score (nSPS) is 16.8. The van der Waals surface area contributed by atoms with E-state index in [0.29, 0.717) is 11.7 Å². The molecule has 1 aromatic heterocycles. The molecule has 0 aliphatic heterocycles. The summed E-state index contributed by atoms with van der Waals surface area (Å²) in [5.74, 6) is 0.687. The Morgan fingerprint density at radius 1 is 1.08 bits per heavy atom. The number of rotatable bonds is 3. The van der Waals surface area contributed by atoms with Crippen LogP contribution in [-0.4, -0.2) is 35.6 Å². The molecule has 0 fully saturated rings. The molecule has 3 aromatic rings. The summed E-state index contributed by atoms with van der Waals surface area (Å²) in [6.07, 6.45) is 3.17. The monoisotopic (exact) mass is 330 g/mol. The van der Waals surface area contributed by atoms with E-state index < -0.39 is 0 Å². The number of phenolic OH excluding ortho intramolecular Hbond substituents is 1. The highest BCUT2D eigenvalue weighted by Gasteiger charge is 2.24. The minimum atomic E-state index is 0.305. The fourth-order valence-corrected chi connectivity index (χ4v) is 3.71. The van der Waals surface area contributed by atoms with E-state index in [1.54, 1.807) is 6.07 Å². The van der Waals surface area contributed by atoms with Crippen LogP contribution in [-0.2, 0) is 6.42 Å². The predicted molar refractivity (Wildman–Crippen MR) is 103 cm³/mol. The molecule has 1 aliphatic rings. The Morgan fingerprint density at radius 3 is 2.72 bits per heavy atom. The second-order valence-corrected chi connectivity index (χ2v) is 7.04. The first kappa shape index (κ1) is 15.9. The number of benzene rings is 2. The van der Waals surface area contributed by atoms with Gasteiger partial charge in [0, 0.05) is 17.8 Å². The molecule has 4 rings (SSSR count). The minimum absolute atomic E-state index is 0.305. The second kappa shape index (κ2) is 6.34. The van der Waals surface area contributed by atoms with Gasteiger partial charge in [-0.15, -0.1) is 0 Å². The van der Waals surface area contributed by atoms with Crippen LogP contribution in [0.15, 0.2) is 54.6 Å². The average molecular weight is 330 g/mol. The molecule has 25 heavy (non-hydrogen) atoms. The molecule has 3 heteroatoms. The van der Waals surface area contributed by atoms with Crippen molar-refractivity contribution in [1.82, 2.24) is 9.88 Å². The standard InChI is InChI=1S/C22H22N2O/c1-24(2)14-18-11-17-10-16-6-3-4-9-21(16)23-22(17)13-20(18)15-7-5-8-19(25)12-15/h3-10,12-13,18,25H,11,14H2,1-2H3. The summed E-state index contributed by atoms with van der Waals surface area (Å²) in [6.45, 7) is 0.966. The molecule has 0 radical (unpaired) electrons. The Kier molecular flexibility index (Phi) is 4.02. The van der Waals surface area contributed by atoms with Crippen molar-refractivity contribution in [3.8, 4) is 5.75 Å². The number of pyridine rings is 1. The molecule has 1 aliphatic carbocycles. The number of hydrogen-bond acceptors (Lipinski definition) is 3. The first-order chi connectivity index (χ1) is 12.1. The van der Waals surface area contributed by atoms with Crippen molar-refractivity contribution < 1.29 is 5.11 Å².